The summed E-state index contributed by atoms with van der Waals surface area (Å²) >= 11 is 12.7. The Balaban J connectivity index is 2.53. The number of para-hydroxylation sites is 1. The van der Waals surface area contributed by atoms with Crippen molar-refractivity contribution < 1.29 is 18.0 Å². The van der Waals surface area contributed by atoms with Crippen LogP contribution in [-0.2, 0) is 26.2 Å². The first-order valence-corrected chi connectivity index (χ1v) is 14.2. The van der Waals surface area contributed by atoms with Crippen LogP contribution in [0.3, 0.4) is 0 Å². The fourth-order valence-corrected chi connectivity index (χ4v) is 5.09. The maximum absolute atomic E-state index is 13.7. The molecule has 0 radical (unpaired) electrons. The third kappa shape index (κ3) is 7.85. The summed E-state index contributed by atoms with van der Waals surface area (Å²) < 4.78 is 26.8. The summed E-state index contributed by atoms with van der Waals surface area (Å²) in [4.78, 5) is 28.1. The van der Waals surface area contributed by atoms with Crippen LogP contribution in [0.15, 0.2) is 42.5 Å². The van der Waals surface area contributed by atoms with E-state index in [0.717, 1.165) is 16.1 Å². The van der Waals surface area contributed by atoms with Crippen LogP contribution in [0, 0.1) is 0 Å². The number of carbonyl (C=O) groups excluding carboxylic acids is 2. The van der Waals surface area contributed by atoms with Gasteiger partial charge in [0.2, 0.25) is 21.8 Å². The van der Waals surface area contributed by atoms with Crippen molar-refractivity contribution in [3.8, 4) is 0 Å². The topological polar surface area (TPSA) is 86.8 Å². The molecule has 0 saturated heterocycles. The Hall–Kier alpha value is -2.29. The number of carbonyl (C=O) groups is 2. The van der Waals surface area contributed by atoms with Crippen LogP contribution in [0.4, 0.5) is 5.69 Å². The zero-order valence-electron chi connectivity index (χ0n) is 21.8. The van der Waals surface area contributed by atoms with E-state index in [9.17, 15) is 18.0 Å². The summed E-state index contributed by atoms with van der Waals surface area (Å²) in [5, 5.41) is 3.56. The number of sulfonamides is 1. The van der Waals surface area contributed by atoms with E-state index in [0.29, 0.717) is 21.3 Å². The van der Waals surface area contributed by atoms with Crippen molar-refractivity contribution in [2.45, 2.75) is 65.6 Å². The van der Waals surface area contributed by atoms with Gasteiger partial charge in [0.1, 0.15) is 12.6 Å². The predicted molar refractivity (Wildman–Crippen MR) is 147 cm³/mol. The van der Waals surface area contributed by atoms with E-state index in [1.165, 1.54) is 4.90 Å². The molecule has 0 aromatic heterocycles. The maximum atomic E-state index is 13.7. The number of benzene rings is 2. The highest BCUT2D eigenvalue weighted by molar-refractivity contribution is 7.92. The molecule has 36 heavy (non-hydrogen) atoms. The lowest BCUT2D eigenvalue weighted by Crippen LogP contribution is -2.54. The monoisotopic (exact) mass is 555 g/mol. The van der Waals surface area contributed by atoms with Crippen LogP contribution in [0.1, 0.15) is 58.6 Å². The van der Waals surface area contributed by atoms with Crippen LogP contribution in [0.25, 0.3) is 0 Å². The first-order chi connectivity index (χ1) is 16.5. The van der Waals surface area contributed by atoms with E-state index in [2.05, 4.69) is 5.32 Å². The van der Waals surface area contributed by atoms with Crippen molar-refractivity contribution in [1.29, 1.82) is 0 Å². The molecule has 0 bridgehead atoms. The van der Waals surface area contributed by atoms with Gasteiger partial charge in [0, 0.05) is 27.7 Å². The molecule has 10 heteroatoms. The molecule has 7 nitrogen and oxygen atoms in total. The van der Waals surface area contributed by atoms with E-state index in [1.54, 1.807) is 37.3 Å². The van der Waals surface area contributed by atoms with Crippen molar-refractivity contribution in [2.24, 2.45) is 0 Å². The van der Waals surface area contributed by atoms with Crippen LogP contribution in [-0.4, -0.2) is 49.5 Å². The molecule has 0 heterocycles. The number of anilines is 1. The second-order valence-corrected chi connectivity index (χ2v) is 12.8. The molecule has 0 fully saturated rings. The summed E-state index contributed by atoms with van der Waals surface area (Å²) in [6.45, 7) is 10.4. The first-order valence-electron chi connectivity index (χ1n) is 11.6. The second-order valence-electron chi connectivity index (χ2n) is 10.1. The highest BCUT2D eigenvalue weighted by Crippen LogP contribution is 2.30. The second kappa shape index (κ2) is 11.8. The average Bonchev–Trinajstić information content (AvgIpc) is 2.74. The molecule has 0 unspecified atom stereocenters. The molecule has 1 N–H and O–H groups in total. The summed E-state index contributed by atoms with van der Waals surface area (Å²) in [6.07, 6.45) is 1.06. The van der Waals surface area contributed by atoms with Gasteiger partial charge in [0.05, 0.1) is 11.9 Å². The molecule has 2 amide bonds. The highest BCUT2D eigenvalue weighted by atomic mass is 35.5. The maximum Gasteiger partial charge on any atom is 0.244 e. The number of nitrogens with zero attached hydrogens (tertiary/aromatic N) is 2. The standard InChI is InChI=1S/C26H35Cl2N3O4S/c1-17(2)19-11-8-9-14-23(19)31(36(7,34)35)16-24(32)30(18(3)25(33)29-26(4,5)6)15-20-21(27)12-10-13-22(20)28/h8-14,17-18H,15-16H2,1-7H3,(H,29,33)/t18-/m0/s1. The fourth-order valence-electron chi connectivity index (χ4n) is 3.71. The molecule has 0 aliphatic rings. The lowest BCUT2D eigenvalue weighted by atomic mass is 10.0. The van der Waals surface area contributed by atoms with Gasteiger partial charge in [-0.1, -0.05) is 61.3 Å². The fraction of sp³-hybridized carbons (Fsp3) is 0.462. The van der Waals surface area contributed by atoms with Gasteiger partial charge < -0.3 is 10.2 Å². The smallest absolute Gasteiger partial charge is 0.244 e. The van der Waals surface area contributed by atoms with E-state index < -0.39 is 34.1 Å². The molecule has 0 saturated carbocycles. The lowest BCUT2D eigenvalue weighted by molar-refractivity contribution is -0.140. The normalized spacial score (nSPS) is 12.8. The minimum atomic E-state index is -3.83. The summed E-state index contributed by atoms with van der Waals surface area (Å²) in [7, 11) is -3.83. The predicted octanol–water partition coefficient (Wildman–Crippen LogP) is 5.21. The quantitative estimate of drug-likeness (QED) is 0.459. The van der Waals surface area contributed by atoms with Gasteiger partial charge in [-0.15, -0.1) is 0 Å². The molecule has 2 aromatic rings. The zero-order valence-corrected chi connectivity index (χ0v) is 24.1. The molecular formula is C26H35Cl2N3O4S. The number of halogens is 2. The number of nitrogens with one attached hydrogen (secondary N) is 1. The van der Waals surface area contributed by atoms with Gasteiger partial charge in [-0.2, -0.15) is 0 Å². The number of amides is 2. The minimum absolute atomic E-state index is 0.0232. The molecular weight excluding hydrogens is 521 g/mol. The summed E-state index contributed by atoms with van der Waals surface area (Å²) in [5.41, 5.74) is 1.15. The van der Waals surface area contributed by atoms with Gasteiger partial charge in [0.15, 0.2) is 0 Å². The van der Waals surface area contributed by atoms with Crippen molar-refractivity contribution >= 4 is 50.7 Å². The van der Waals surface area contributed by atoms with Gasteiger partial charge in [-0.3, -0.25) is 13.9 Å². The Labute approximate surface area is 224 Å². The van der Waals surface area contributed by atoms with Crippen LogP contribution >= 0.6 is 23.2 Å². The molecule has 0 aliphatic carbocycles. The van der Waals surface area contributed by atoms with Crippen molar-refractivity contribution in [2.75, 3.05) is 17.1 Å². The highest BCUT2D eigenvalue weighted by Gasteiger charge is 2.32. The van der Waals surface area contributed by atoms with Crippen molar-refractivity contribution in [3.63, 3.8) is 0 Å². The molecule has 0 aliphatic heterocycles. The minimum Gasteiger partial charge on any atom is -0.350 e. The average molecular weight is 557 g/mol. The van der Waals surface area contributed by atoms with E-state index in [-0.39, 0.29) is 18.4 Å². The Morgan fingerprint density at radius 1 is 0.972 bits per heavy atom. The van der Waals surface area contributed by atoms with Crippen LogP contribution in [0.5, 0.6) is 0 Å². The molecule has 2 aromatic carbocycles. The van der Waals surface area contributed by atoms with E-state index in [1.807, 2.05) is 46.8 Å². The van der Waals surface area contributed by atoms with Gasteiger partial charge in [-0.25, -0.2) is 8.42 Å². The SMILES string of the molecule is CC(C)c1ccccc1N(CC(=O)N(Cc1c(Cl)cccc1Cl)[C@@H](C)C(=O)NC(C)(C)C)S(C)(=O)=O. The van der Waals surface area contributed by atoms with E-state index >= 15 is 0 Å². The van der Waals surface area contributed by atoms with Crippen molar-refractivity contribution in [3.05, 3.63) is 63.6 Å². The summed E-state index contributed by atoms with van der Waals surface area (Å²) in [5.74, 6) is -0.922. The van der Waals surface area contributed by atoms with Gasteiger partial charge in [0.25, 0.3) is 0 Å². The number of rotatable bonds is 9. The molecule has 0 spiro atoms. The van der Waals surface area contributed by atoms with Gasteiger partial charge >= 0.3 is 0 Å². The molecule has 198 valence electrons. The Bertz CT molecular complexity index is 1190. The molecule has 2 rings (SSSR count). The number of hydrogen-bond donors (Lipinski definition) is 1. The van der Waals surface area contributed by atoms with Crippen molar-refractivity contribution in [1.82, 2.24) is 10.2 Å². The Morgan fingerprint density at radius 3 is 2.03 bits per heavy atom. The number of hydrogen-bond acceptors (Lipinski definition) is 4. The van der Waals surface area contributed by atoms with Gasteiger partial charge in [-0.05, 0) is 57.4 Å². The Morgan fingerprint density at radius 2 is 1.53 bits per heavy atom. The lowest BCUT2D eigenvalue weighted by Gasteiger charge is -2.34. The van der Waals surface area contributed by atoms with Crippen LogP contribution in [0.2, 0.25) is 10.0 Å². The first kappa shape index (κ1) is 29.9. The summed E-state index contributed by atoms with van der Waals surface area (Å²) in [6, 6.07) is 11.1. The molecule has 1 atom stereocenters. The Kier molecular flexibility index (Phi) is 9.84. The zero-order chi connectivity index (χ0) is 27.4. The van der Waals surface area contributed by atoms with E-state index in [4.69, 9.17) is 23.2 Å². The largest absolute Gasteiger partial charge is 0.350 e. The third-order valence-electron chi connectivity index (χ3n) is 5.56. The third-order valence-corrected chi connectivity index (χ3v) is 7.40. The van der Waals surface area contributed by atoms with Crippen LogP contribution < -0.4 is 9.62 Å².